The van der Waals surface area contributed by atoms with Crippen molar-refractivity contribution < 1.29 is 71.7 Å². The molecule has 246 valence electrons. The molecule has 0 radical (unpaired) electrons. The van der Waals surface area contributed by atoms with Gasteiger partial charge in [-0.05, 0) is 24.3 Å². The molecule has 0 spiro atoms. The highest BCUT2D eigenvalue weighted by atomic mass is 16.9. The molecule has 1 aromatic heterocycles. The lowest BCUT2D eigenvalue weighted by Crippen LogP contribution is -2.70. The van der Waals surface area contributed by atoms with Gasteiger partial charge in [-0.3, -0.25) is 23.9 Å². The summed E-state index contributed by atoms with van der Waals surface area (Å²) in [4.78, 5) is 61.7. The van der Waals surface area contributed by atoms with E-state index in [1.165, 1.54) is 27.4 Å². The number of rotatable bonds is 10. The average molecular weight is 647 g/mol. The van der Waals surface area contributed by atoms with Crippen LogP contribution < -0.4 is 24.4 Å². The maximum Gasteiger partial charge on any atom is 0.369 e. The Kier molecular flexibility index (Phi) is 9.72. The third kappa shape index (κ3) is 6.67. The van der Waals surface area contributed by atoms with Crippen LogP contribution in [-0.2, 0) is 38.1 Å². The minimum atomic E-state index is -3.26. The lowest BCUT2D eigenvalue weighted by molar-refractivity contribution is -0.415. The zero-order chi connectivity index (χ0) is 33.9. The number of ether oxygens (including phenoxy) is 8. The van der Waals surface area contributed by atoms with Crippen LogP contribution >= 0.6 is 0 Å². The Bertz CT molecular complexity index is 1710. The second-order valence-corrected chi connectivity index (χ2v) is 9.81. The molecule has 16 heteroatoms. The highest BCUT2D eigenvalue weighted by Gasteiger charge is 2.63. The third-order valence-corrected chi connectivity index (χ3v) is 6.65. The van der Waals surface area contributed by atoms with E-state index in [-0.39, 0.29) is 28.2 Å². The van der Waals surface area contributed by atoms with Crippen molar-refractivity contribution in [3.8, 4) is 34.3 Å². The largest absolute Gasteiger partial charge is 0.497 e. The maximum atomic E-state index is 13.3. The van der Waals surface area contributed by atoms with Crippen molar-refractivity contribution in [3.05, 3.63) is 46.6 Å². The van der Waals surface area contributed by atoms with Crippen LogP contribution in [0.5, 0.6) is 23.0 Å². The molecule has 3 aromatic rings. The van der Waals surface area contributed by atoms with E-state index in [0.29, 0.717) is 11.3 Å². The van der Waals surface area contributed by atoms with E-state index in [4.69, 9.17) is 42.3 Å². The summed E-state index contributed by atoms with van der Waals surface area (Å²) in [7, 11) is 3.88. The Morgan fingerprint density at radius 1 is 0.804 bits per heavy atom. The van der Waals surface area contributed by atoms with Crippen molar-refractivity contribution in [2.75, 3.05) is 21.3 Å². The molecule has 1 unspecified atom stereocenters. The van der Waals surface area contributed by atoms with Gasteiger partial charge in [0.15, 0.2) is 29.1 Å². The number of carbonyl (C=O) groups excluding carboxylic acids is 3. The van der Waals surface area contributed by atoms with Crippen molar-refractivity contribution in [1.29, 1.82) is 0 Å². The second-order valence-electron chi connectivity index (χ2n) is 9.81. The molecular formula is C30H30O16. The molecule has 1 saturated heterocycles. The number of esters is 3. The van der Waals surface area contributed by atoms with Crippen molar-refractivity contribution in [3.63, 3.8) is 0 Å². The minimum absolute atomic E-state index is 0.0897. The fraction of sp³-hybridized carbons (Fsp3) is 0.367. The zero-order valence-corrected chi connectivity index (χ0v) is 25.4. The summed E-state index contributed by atoms with van der Waals surface area (Å²) in [6.07, 6.45) is -8.25. The quantitative estimate of drug-likeness (QED) is 0.182. The first-order chi connectivity index (χ1) is 21.7. The number of methoxy groups -OCH3 is 3. The summed E-state index contributed by atoms with van der Waals surface area (Å²) in [5, 5.41) is 21.6. The molecule has 1 aliphatic heterocycles. The molecule has 2 heterocycles. The van der Waals surface area contributed by atoms with E-state index in [9.17, 15) is 34.2 Å². The SMILES string of the molecule is COc1ccc(-c2cc(=O)c3c(OC)c(OC)c(OC4(O)O[C@H](C(=O)O)[C@@H](OC(C)=O)[C@H](OC(C)=O)[C@H]4OC(C)=O)cc3o2)cc1. The van der Waals surface area contributed by atoms with Crippen LogP contribution in [0.3, 0.4) is 0 Å². The number of hydrogen-bond acceptors (Lipinski definition) is 15. The molecule has 2 aromatic carbocycles. The fourth-order valence-electron chi connectivity index (χ4n) is 4.87. The van der Waals surface area contributed by atoms with E-state index >= 15 is 0 Å². The van der Waals surface area contributed by atoms with Crippen LogP contribution in [0.1, 0.15) is 20.8 Å². The van der Waals surface area contributed by atoms with Gasteiger partial charge in [0.2, 0.25) is 18.0 Å². The first-order valence-corrected chi connectivity index (χ1v) is 13.4. The van der Waals surface area contributed by atoms with Gasteiger partial charge in [0.1, 0.15) is 22.5 Å². The van der Waals surface area contributed by atoms with Gasteiger partial charge >= 0.3 is 29.9 Å². The summed E-state index contributed by atoms with van der Waals surface area (Å²) in [6.45, 7) is 2.83. The number of fused-ring (bicyclic) bond motifs is 1. The van der Waals surface area contributed by atoms with Gasteiger partial charge in [-0.15, -0.1) is 0 Å². The predicted molar refractivity (Wildman–Crippen MR) is 152 cm³/mol. The summed E-state index contributed by atoms with van der Waals surface area (Å²) < 4.78 is 48.7. The number of aliphatic hydroxyl groups is 1. The van der Waals surface area contributed by atoms with Crippen molar-refractivity contribution in [2.24, 2.45) is 0 Å². The first kappa shape index (κ1) is 33.5. The number of carboxylic acid groups (broad SMARTS) is 1. The monoisotopic (exact) mass is 646 g/mol. The second kappa shape index (κ2) is 13.3. The van der Waals surface area contributed by atoms with Gasteiger partial charge in [-0.2, -0.15) is 0 Å². The standard InChI is InChI=1S/C30H30O16/c1-13(31)41-25-26(42-14(2)32)28(43-15(3)33)30(37,46-27(25)29(35)36)45-21-12-20-22(24(40-6)23(21)39-5)18(34)11-19(44-20)16-7-9-17(38-4)10-8-16/h7-12,25-28,37H,1-6H3,(H,35,36)/t25-,26-,27-,28+,30?/m0/s1. The van der Waals surface area contributed by atoms with Crippen LogP contribution in [0.2, 0.25) is 0 Å². The molecular weight excluding hydrogens is 616 g/mol. The minimum Gasteiger partial charge on any atom is -0.497 e. The molecule has 0 saturated carbocycles. The van der Waals surface area contributed by atoms with Crippen LogP contribution in [0, 0.1) is 0 Å². The van der Waals surface area contributed by atoms with E-state index in [0.717, 1.165) is 26.8 Å². The van der Waals surface area contributed by atoms with Crippen LogP contribution in [-0.4, -0.2) is 85.8 Å². The van der Waals surface area contributed by atoms with E-state index in [1.807, 2.05) is 0 Å². The number of hydrogen-bond donors (Lipinski definition) is 2. The van der Waals surface area contributed by atoms with Gasteiger partial charge in [-0.1, -0.05) is 0 Å². The number of benzene rings is 2. The molecule has 2 N–H and O–H groups in total. The zero-order valence-electron chi connectivity index (χ0n) is 25.4. The molecule has 4 rings (SSSR count). The number of carboxylic acids is 1. The highest BCUT2D eigenvalue weighted by Crippen LogP contribution is 2.46. The molecule has 1 fully saturated rings. The number of aliphatic carboxylic acids is 1. The Labute approximate surface area is 260 Å². The van der Waals surface area contributed by atoms with Crippen LogP contribution in [0.4, 0.5) is 0 Å². The molecule has 5 atom stereocenters. The summed E-state index contributed by atoms with van der Waals surface area (Å²) in [6, 6.07) is 8.92. The van der Waals surface area contributed by atoms with Crippen LogP contribution in [0.25, 0.3) is 22.3 Å². The van der Waals surface area contributed by atoms with Crippen LogP contribution in [0.15, 0.2) is 45.6 Å². The van der Waals surface area contributed by atoms with Gasteiger partial charge < -0.3 is 47.8 Å². The Hall–Kier alpha value is -5.35. The van der Waals surface area contributed by atoms with Crippen molar-refractivity contribution >= 4 is 34.8 Å². The normalized spacial score (nSPS) is 22.3. The van der Waals surface area contributed by atoms with Gasteiger partial charge in [-0.25, -0.2) is 4.79 Å². The Balaban J connectivity index is 1.93. The Morgan fingerprint density at radius 3 is 1.91 bits per heavy atom. The van der Waals surface area contributed by atoms with E-state index < -0.39 is 65.4 Å². The summed E-state index contributed by atoms with van der Waals surface area (Å²) in [5.74, 6) is -8.41. The lowest BCUT2D eigenvalue weighted by atomic mass is 9.96. The van der Waals surface area contributed by atoms with Gasteiger partial charge in [0.05, 0.1) is 21.3 Å². The van der Waals surface area contributed by atoms with E-state index in [2.05, 4.69) is 0 Å². The van der Waals surface area contributed by atoms with Crippen molar-refractivity contribution in [1.82, 2.24) is 0 Å². The van der Waals surface area contributed by atoms with Gasteiger partial charge in [0, 0.05) is 38.5 Å². The van der Waals surface area contributed by atoms with Crippen molar-refractivity contribution in [2.45, 2.75) is 51.2 Å². The van der Waals surface area contributed by atoms with E-state index in [1.54, 1.807) is 24.3 Å². The summed E-state index contributed by atoms with van der Waals surface area (Å²) >= 11 is 0. The molecule has 16 nitrogen and oxygen atoms in total. The molecule has 0 aliphatic carbocycles. The highest BCUT2D eigenvalue weighted by molar-refractivity contribution is 5.90. The third-order valence-electron chi connectivity index (χ3n) is 6.65. The number of carbonyl (C=O) groups is 4. The molecule has 46 heavy (non-hydrogen) atoms. The average Bonchev–Trinajstić information content (AvgIpc) is 2.98. The molecule has 0 amide bonds. The molecule has 0 bridgehead atoms. The summed E-state index contributed by atoms with van der Waals surface area (Å²) in [5.41, 5.74) is -0.200. The smallest absolute Gasteiger partial charge is 0.369 e. The maximum absolute atomic E-state index is 13.3. The first-order valence-electron chi connectivity index (χ1n) is 13.4. The topological polar surface area (TPSA) is 213 Å². The van der Waals surface area contributed by atoms with Gasteiger partial charge in [0.25, 0.3) is 0 Å². The Morgan fingerprint density at radius 2 is 1.39 bits per heavy atom. The molecule has 1 aliphatic rings. The fourth-order valence-corrected chi connectivity index (χ4v) is 4.87. The predicted octanol–water partition coefficient (Wildman–Crippen LogP) is 1.79. The lowest BCUT2D eigenvalue weighted by Gasteiger charge is -2.46.